The maximum atomic E-state index is 11.3. The molecule has 4 nitrogen and oxygen atoms in total. The number of nitrogens with one attached hydrogen (secondary N) is 1. The molecule has 74 valence electrons. The van der Waals surface area contributed by atoms with Crippen molar-refractivity contribution in [1.82, 2.24) is 9.97 Å². The fourth-order valence-corrected chi connectivity index (χ4v) is 4.05. The van der Waals surface area contributed by atoms with Crippen molar-refractivity contribution in [2.24, 2.45) is 0 Å². The van der Waals surface area contributed by atoms with Crippen molar-refractivity contribution < 1.29 is 8.42 Å². The molecule has 0 bridgehead atoms. The number of halogens is 2. The second-order valence-corrected chi connectivity index (χ2v) is 6.28. The van der Waals surface area contributed by atoms with E-state index >= 15 is 0 Å². The van der Waals surface area contributed by atoms with Crippen molar-refractivity contribution in [3.05, 3.63) is 22.0 Å². The molecule has 0 amide bonds. The summed E-state index contributed by atoms with van der Waals surface area (Å²) in [5.41, 5.74) is 1.04. The van der Waals surface area contributed by atoms with Crippen LogP contribution in [0.25, 0.3) is 11.0 Å². The topological polar surface area (TPSA) is 62.8 Å². The molecule has 14 heavy (non-hydrogen) atoms. The smallest absolute Gasteiger partial charge is 0.264 e. The van der Waals surface area contributed by atoms with E-state index in [0.29, 0.717) is 14.6 Å². The van der Waals surface area contributed by atoms with Crippen molar-refractivity contribution in [3.8, 4) is 0 Å². The Kier molecular flexibility index (Phi) is 2.44. The number of rotatable bonds is 1. The zero-order valence-electron chi connectivity index (χ0n) is 6.66. The molecule has 0 aliphatic rings. The van der Waals surface area contributed by atoms with Gasteiger partial charge in [-0.1, -0.05) is 0 Å². The fraction of sp³-hybridized carbons (Fsp3) is 0. The summed E-state index contributed by atoms with van der Waals surface area (Å²) in [6.45, 7) is 0. The molecule has 1 aromatic heterocycles. The van der Waals surface area contributed by atoms with E-state index in [-0.39, 0.29) is 4.90 Å². The van der Waals surface area contributed by atoms with Crippen LogP contribution in [0.5, 0.6) is 0 Å². The highest BCUT2D eigenvalue weighted by atomic mass is 127. The van der Waals surface area contributed by atoms with E-state index in [1.165, 1.54) is 6.33 Å². The lowest BCUT2D eigenvalue weighted by atomic mass is 10.3. The summed E-state index contributed by atoms with van der Waals surface area (Å²) in [5, 5.41) is 0. The Morgan fingerprint density at radius 3 is 2.79 bits per heavy atom. The number of aromatic amines is 1. The Hall–Kier alpha value is -0.340. The molecule has 0 saturated heterocycles. The van der Waals surface area contributed by atoms with E-state index in [4.69, 9.17) is 10.7 Å². The zero-order chi connectivity index (χ0) is 10.3. The van der Waals surface area contributed by atoms with Crippen molar-refractivity contribution in [2.45, 2.75) is 4.90 Å². The summed E-state index contributed by atoms with van der Waals surface area (Å²) in [6.07, 6.45) is 1.44. The Balaban J connectivity index is 2.98. The summed E-state index contributed by atoms with van der Waals surface area (Å²) in [4.78, 5) is 6.81. The standard InChI is InChI=1S/C7H4ClIN2O2S/c8-14(12,13)7-4(9)1-2-5-6(7)11-3-10-5/h1-3H,(H,10,11). The van der Waals surface area contributed by atoms with Gasteiger partial charge in [0, 0.05) is 14.3 Å². The van der Waals surface area contributed by atoms with Gasteiger partial charge in [0.2, 0.25) is 0 Å². The minimum Gasteiger partial charge on any atom is -0.345 e. The highest BCUT2D eigenvalue weighted by molar-refractivity contribution is 14.1. The predicted molar refractivity (Wildman–Crippen MR) is 61.8 cm³/mol. The van der Waals surface area contributed by atoms with E-state index in [1.807, 2.05) is 22.6 Å². The number of benzene rings is 1. The molecule has 1 N–H and O–H groups in total. The van der Waals surface area contributed by atoms with E-state index in [0.717, 1.165) is 0 Å². The van der Waals surface area contributed by atoms with Gasteiger partial charge in [-0.3, -0.25) is 0 Å². The molecule has 0 aliphatic heterocycles. The van der Waals surface area contributed by atoms with E-state index in [2.05, 4.69) is 9.97 Å². The molecule has 1 aromatic carbocycles. The third-order valence-corrected chi connectivity index (χ3v) is 4.37. The molecule has 2 rings (SSSR count). The lowest BCUT2D eigenvalue weighted by molar-refractivity contribution is 0.610. The van der Waals surface area contributed by atoms with Gasteiger partial charge in [-0.05, 0) is 34.7 Å². The van der Waals surface area contributed by atoms with Crippen LogP contribution in [0.1, 0.15) is 0 Å². The maximum absolute atomic E-state index is 11.3. The van der Waals surface area contributed by atoms with Crippen LogP contribution in [0.15, 0.2) is 23.4 Å². The van der Waals surface area contributed by atoms with Crippen LogP contribution in [0, 0.1) is 3.57 Å². The average Bonchev–Trinajstić information content (AvgIpc) is 2.48. The molecule has 0 saturated carbocycles. The Bertz CT molecular complexity index is 593. The van der Waals surface area contributed by atoms with Gasteiger partial charge in [-0.15, -0.1) is 0 Å². The number of aromatic nitrogens is 2. The maximum Gasteiger partial charge on any atom is 0.264 e. The van der Waals surface area contributed by atoms with Gasteiger partial charge in [0.25, 0.3) is 9.05 Å². The summed E-state index contributed by atoms with van der Waals surface area (Å²) in [7, 11) is 1.57. The second-order valence-electron chi connectivity index (χ2n) is 2.61. The molecular weight excluding hydrogens is 339 g/mol. The van der Waals surface area contributed by atoms with Crippen LogP contribution in [0.4, 0.5) is 0 Å². The SMILES string of the molecule is O=S(=O)(Cl)c1c(I)ccc2[nH]cnc12. The summed E-state index contributed by atoms with van der Waals surface area (Å²) in [5.74, 6) is 0. The van der Waals surface area contributed by atoms with Gasteiger partial charge in [0.1, 0.15) is 10.4 Å². The molecule has 0 fully saturated rings. The van der Waals surface area contributed by atoms with Crippen molar-refractivity contribution >= 4 is 53.4 Å². The number of imidazole rings is 1. The molecule has 0 spiro atoms. The largest absolute Gasteiger partial charge is 0.345 e. The third-order valence-electron chi connectivity index (χ3n) is 1.74. The number of nitrogens with zero attached hydrogens (tertiary/aromatic N) is 1. The number of hydrogen-bond acceptors (Lipinski definition) is 3. The van der Waals surface area contributed by atoms with Gasteiger partial charge in [0.05, 0.1) is 11.8 Å². The highest BCUT2D eigenvalue weighted by Crippen LogP contribution is 2.28. The number of hydrogen-bond donors (Lipinski definition) is 1. The van der Waals surface area contributed by atoms with Crippen LogP contribution in [0.2, 0.25) is 0 Å². The minimum atomic E-state index is -3.75. The van der Waals surface area contributed by atoms with Gasteiger partial charge in [-0.25, -0.2) is 13.4 Å². The van der Waals surface area contributed by atoms with Crippen LogP contribution in [-0.4, -0.2) is 18.4 Å². The van der Waals surface area contributed by atoms with Crippen molar-refractivity contribution in [2.75, 3.05) is 0 Å². The molecule has 0 unspecified atom stereocenters. The quantitative estimate of drug-likeness (QED) is 0.638. The summed E-state index contributed by atoms with van der Waals surface area (Å²) < 4.78 is 23.1. The van der Waals surface area contributed by atoms with E-state index in [1.54, 1.807) is 12.1 Å². The molecule has 7 heteroatoms. The fourth-order valence-electron chi connectivity index (χ4n) is 1.19. The number of fused-ring (bicyclic) bond motifs is 1. The van der Waals surface area contributed by atoms with Crippen molar-refractivity contribution in [1.29, 1.82) is 0 Å². The van der Waals surface area contributed by atoms with E-state index < -0.39 is 9.05 Å². The monoisotopic (exact) mass is 342 g/mol. The Labute approximate surface area is 98.2 Å². The third kappa shape index (κ3) is 1.61. The van der Waals surface area contributed by atoms with Gasteiger partial charge >= 0.3 is 0 Å². The first-order chi connectivity index (χ1) is 6.50. The summed E-state index contributed by atoms with van der Waals surface area (Å²) in [6, 6.07) is 3.44. The van der Waals surface area contributed by atoms with Crippen molar-refractivity contribution in [3.63, 3.8) is 0 Å². The average molecular weight is 343 g/mol. The molecule has 2 aromatic rings. The Morgan fingerprint density at radius 1 is 1.43 bits per heavy atom. The molecule has 0 radical (unpaired) electrons. The first kappa shape index (κ1) is 10.2. The van der Waals surface area contributed by atoms with Crippen LogP contribution >= 0.6 is 33.3 Å². The zero-order valence-corrected chi connectivity index (χ0v) is 10.4. The van der Waals surface area contributed by atoms with Gasteiger partial charge in [-0.2, -0.15) is 0 Å². The van der Waals surface area contributed by atoms with Crippen LogP contribution in [0.3, 0.4) is 0 Å². The second kappa shape index (κ2) is 3.35. The minimum absolute atomic E-state index is 0.0681. The van der Waals surface area contributed by atoms with Gasteiger partial charge in [0.15, 0.2) is 0 Å². The van der Waals surface area contributed by atoms with Crippen LogP contribution < -0.4 is 0 Å². The molecule has 0 atom stereocenters. The molecule has 0 aliphatic carbocycles. The predicted octanol–water partition coefficient (Wildman–Crippen LogP) is 2.09. The molecular formula is C7H4ClIN2O2S. The van der Waals surface area contributed by atoms with Gasteiger partial charge < -0.3 is 4.98 Å². The first-order valence-electron chi connectivity index (χ1n) is 3.56. The normalized spacial score (nSPS) is 12.1. The lowest BCUT2D eigenvalue weighted by Gasteiger charge is -2.00. The highest BCUT2D eigenvalue weighted by Gasteiger charge is 2.19. The Morgan fingerprint density at radius 2 is 2.14 bits per heavy atom. The van der Waals surface area contributed by atoms with Crippen LogP contribution in [-0.2, 0) is 9.05 Å². The van der Waals surface area contributed by atoms with E-state index in [9.17, 15) is 8.42 Å². The summed E-state index contributed by atoms with van der Waals surface area (Å²) >= 11 is 1.91. The lowest BCUT2D eigenvalue weighted by Crippen LogP contribution is -1.95. The molecule has 1 heterocycles. The number of H-pyrrole nitrogens is 1. The first-order valence-corrected chi connectivity index (χ1v) is 6.95.